The third-order valence-electron chi connectivity index (χ3n) is 5.22. The molecule has 3 N–H and O–H groups in total. The Labute approximate surface area is 169 Å². The summed E-state index contributed by atoms with van der Waals surface area (Å²) in [6, 6.07) is 12.3. The maximum absolute atomic E-state index is 5.15. The van der Waals surface area contributed by atoms with E-state index in [1.165, 1.54) is 20.9 Å². The van der Waals surface area contributed by atoms with Crippen LogP contribution in [0, 0.1) is 0 Å². The predicted molar refractivity (Wildman–Crippen MR) is 114 cm³/mol. The van der Waals surface area contributed by atoms with E-state index in [2.05, 4.69) is 42.8 Å². The molecule has 0 spiro atoms. The van der Waals surface area contributed by atoms with Crippen molar-refractivity contribution in [2.24, 2.45) is 0 Å². The lowest BCUT2D eigenvalue weighted by atomic mass is 10.2. The summed E-state index contributed by atoms with van der Waals surface area (Å²) in [5, 5.41) is 19.3. The van der Waals surface area contributed by atoms with Crippen molar-refractivity contribution in [1.29, 1.82) is 0 Å². The second-order valence-corrected chi connectivity index (χ2v) is 8.07. The summed E-state index contributed by atoms with van der Waals surface area (Å²) in [4.78, 5) is 6.86. The largest absolute Gasteiger partial charge is 0.481 e. The van der Waals surface area contributed by atoms with Gasteiger partial charge in [0.2, 0.25) is 5.88 Å². The molecule has 0 saturated heterocycles. The Bertz CT molecular complexity index is 1350. The molecule has 1 aromatic carbocycles. The van der Waals surface area contributed by atoms with Crippen LogP contribution in [0.5, 0.6) is 5.88 Å². The summed E-state index contributed by atoms with van der Waals surface area (Å²) in [5.74, 6) is 1.50. The number of nitrogens with one attached hydrogen (secondary N) is 3. The summed E-state index contributed by atoms with van der Waals surface area (Å²) in [7, 11) is 1.63. The third-order valence-corrected chi connectivity index (χ3v) is 6.40. The Morgan fingerprint density at radius 2 is 2.07 bits per heavy atom. The molecule has 7 nitrogen and oxygen atoms in total. The Morgan fingerprint density at radius 3 is 2.93 bits per heavy atom. The van der Waals surface area contributed by atoms with E-state index >= 15 is 0 Å². The molecule has 6 rings (SSSR count). The van der Waals surface area contributed by atoms with Gasteiger partial charge in [-0.3, -0.25) is 10.2 Å². The van der Waals surface area contributed by atoms with Gasteiger partial charge < -0.3 is 10.1 Å². The minimum atomic E-state index is 0.623. The zero-order valence-electron chi connectivity index (χ0n) is 15.5. The molecule has 0 unspecified atom stereocenters. The topological polar surface area (TPSA) is 91.5 Å². The molecule has 0 atom stereocenters. The zero-order valence-corrected chi connectivity index (χ0v) is 16.3. The second-order valence-electron chi connectivity index (χ2n) is 6.94. The first-order chi connectivity index (χ1) is 14.3. The van der Waals surface area contributed by atoms with E-state index in [0.29, 0.717) is 5.88 Å². The highest BCUT2D eigenvalue weighted by molar-refractivity contribution is 7.16. The van der Waals surface area contributed by atoms with Gasteiger partial charge in [0.05, 0.1) is 24.5 Å². The molecule has 0 radical (unpaired) electrons. The number of ether oxygens (including phenoxy) is 1. The summed E-state index contributed by atoms with van der Waals surface area (Å²) in [6.45, 7) is 0. The molecule has 29 heavy (non-hydrogen) atoms. The number of aromatic nitrogens is 5. The van der Waals surface area contributed by atoms with Crippen molar-refractivity contribution in [3.63, 3.8) is 0 Å². The molecule has 5 aromatic rings. The van der Waals surface area contributed by atoms with E-state index in [1.807, 2.05) is 36.7 Å². The van der Waals surface area contributed by atoms with Crippen molar-refractivity contribution < 1.29 is 4.74 Å². The lowest BCUT2D eigenvalue weighted by Gasteiger charge is -2.05. The van der Waals surface area contributed by atoms with Crippen LogP contribution >= 0.6 is 11.3 Å². The number of aromatic amines is 2. The molecule has 0 bridgehead atoms. The molecule has 0 fully saturated rings. The Balaban J connectivity index is 1.30. The van der Waals surface area contributed by atoms with Gasteiger partial charge in [-0.25, -0.2) is 4.98 Å². The van der Waals surface area contributed by atoms with Crippen LogP contribution in [0.4, 0.5) is 11.5 Å². The van der Waals surface area contributed by atoms with Crippen molar-refractivity contribution in [2.75, 3.05) is 12.4 Å². The number of thiophene rings is 1. The van der Waals surface area contributed by atoms with Crippen LogP contribution in [0.1, 0.15) is 10.4 Å². The number of hydrogen-bond acceptors (Lipinski definition) is 6. The number of benzene rings is 1. The highest BCUT2D eigenvalue weighted by atomic mass is 32.1. The zero-order chi connectivity index (χ0) is 19.4. The van der Waals surface area contributed by atoms with E-state index in [0.717, 1.165) is 40.1 Å². The quantitative estimate of drug-likeness (QED) is 0.398. The number of H-pyrrole nitrogens is 2. The molecule has 0 saturated carbocycles. The van der Waals surface area contributed by atoms with Gasteiger partial charge in [0, 0.05) is 56.2 Å². The van der Waals surface area contributed by atoms with Crippen LogP contribution in [-0.2, 0) is 6.42 Å². The van der Waals surface area contributed by atoms with E-state index in [4.69, 9.17) is 4.74 Å². The number of rotatable bonds is 4. The number of fused-ring (bicyclic) bond motifs is 4. The van der Waals surface area contributed by atoms with Gasteiger partial charge in [-0.1, -0.05) is 0 Å². The smallest absolute Gasteiger partial charge is 0.212 e. The van der Waals surface area contributed by atoms with Crippen LogP contribution in [0.15, 0.2) is 48.8 Å². The Morgan fingerprint density at radius 1 is 1.10 bits per heavy atom. The van der Waals surface area contributed by atoms with E-state index in [-0.39, 0.29) is 0 Å². The summed E-state index contributed by atoms with van der Waals surface area (Å²) >= 11 is 1.80. The van der Waals surface area contributed by atoms with Crippen molar-refractivity contribution in [1.82, 2.24) is 25.4 Å². The van der Waals surface area contributed by atoms with Crippen LogP contribution in [-0.4, -0.2) is 32.5 Å². The van der Waals surface area contributed by atoms with Crippen molar-refractivity contribution in [2.45, 2.75) is 6.42 Å². The van der Waals surface area contributed by atoms with Gasteiger partial charge in [-0.2, -0.15) is 10.2 Å². The van der Waals surface area contributed by atoms with Crippen LogP contribution in [0.2, 0.25) is 0 Å². The second kappa shape index (κ2) is 6.18. The number of anilines is 2. The van der Waals surface area contributed by atoms with Gasteiger partial charge in [-0.05, 0) is 30.3 Å². The van der Waals surface area contributed by atoms with Gasteiger partial charge in [0.15, 0.2) is 5.82 Å². The van der Waals surface area contributed by atoms with Crippen molar-refractivity contribution >= 4 is 33.7 Å². The van der Waals surface area contributed by atoms with E-state index < -0.39 is 0 Å². The van der Waals surface area contributed by atoms with Crippen LogP contribution < -0.4 is 10.1 Å². The molecule has 4 aromatic heterocycles. The SMILES string of the molecule is COc1ccc(-c2cc3c(s2)Cc2c(Nc4ccc5[nH]ncc5c4)n[nH]c2-3)cn1. The fraction of sp³-hybridized carbons (Fsp3) is 0.0952. The summed E-state index contributed by atoms with van der Waals surface area (Å²) < 4.78 is 5.15. The first-order valence-electron chi connectivity index (χ1n) is 9.19. The average molecular weight is 400 g/mol. The third kappa shape index (κ3) is 2.60. The molecule has 1 aliphatic rings. The predicted octanol–water partition coefficient (Wildman–Crippen LogP) is 4.73. The lowest BCUT2D eigenvalue weighted by molar-refractivity contribution is 0.398. The number of methoxy groups -OCH3 is 1. The standard InChI is InChI=1S/C21H16N6OS/c1-28-19-5-2-11(9-22-19)17-7-14-18(29-17)8-15-20(14)26-27-21(15)24-13-3-4-16-12(6-13)10-23-25-16/h2-7,9-10H,8H2,1H3,(H,23,25)(H2,24,26,27). The minimum Gasteiger partial charge on any atom is -0.481 e. The fourth-order valence-corrected chi connectivity index (χ4v) is 4.91. The normalized spacial score (nSPS) is 12.2. The molecule has 0 aliphatic heterocycles. The lowest BCUT2D eigenvalue weighted by Crippen LogP contribution is -1.94. The average Bonchev–Trinajstić information content (AvgIpc) is 3.50. The first kappa shape index (κ1) is 16.3. The first-order valence-corrected chi connectivity index (χ1v) is 10.0. The highest BCUT2D eigenvalue weighted by Crippen LogP contribution is 2.46. The van der Waals surface area contributed by atoms with Gasteiger partial charge >= 0.3 is 0 Å². The molecule has 4 heterocycles. The van der Waals surface area contributed by atoms with E-state index in [9.17, 15) is 0 Å². The Hall–Kier alpha value is -3.65. The number of nitrogens with zero attached hydrogens (tertiary/aromatic N) is 3. The van der Waals surface area contributed by atoms with Crippen LogP contribution in [0.25, 0.3) is 32.6 Å². The van der Waals surface area contributed by atoms with Crippen LogP contribution in [0.3, 0.4) is 0 Å². The monoisotopic (exact) mass is 400 g/mol. The molecular weight excluding hydrogens is 384 g/mol. The van der Waals surface area contributed by atoms with Crippen molar-refractivity contribution in [3.8, 4) is 27.6 Å². The molecule has 142 valence electrons. The summed E-state index contributed by atoms with van der Waals surface area (Å²) in [6.07, 6.45) is 4.54. The fourth-order valence-electron chi connectivity index (χ4n) is 3.74. The highest BCUT2D eigenvalue weighted by Gasteiger charge is 2.27. The van der Waals surface area contributed by atoms with Gasteiger partial charge in [0.25, 0.3) is 0 Å². The maximum Gasteiger partial charge on any atom is 0.212 e. The molecule has 1 aliphatic carbocycles. The maximum atomic E-state index is 5.15. The minimum absolute atomic E-state index is 0.623. The van der Waals surface area contributed by atoms with Gasteiger partial charge in [-0.15, -0.1) is 11.3 Å². The molecular formula is C21H16N6OS. The Kier molecular flexibility index (Phi) is 3.48. The molecule has 0 amide bonds. The van der Waals surface area contributed by atoms with Crippen molar-refractivity contribution in [3.05, 3.63) is 59.2 Å². The van der Waals surface area contributed by atoms with E-state index in [1.54, 1.807) is 18.4 Å². The molecule has 8 heteroatoms. The van der Waals surface area contributed by atoms with Gasteiger partial charge in [0.1, 0.15) is 0 Å². The number of pyridine rings is 1. The number of hydrogen-bond donors (Lipinski definition) is 3. The summed E-state index contributed by atoms with van der Waals surface area (Å²) in [5.41, 5.74) is 6.63.